The van der Waals surface area contributed by atoms with Gasteiger partial charge in [-0.1, -0.05) is 30.7 Å². The molecule has 1 aliphatic heterocycles. The van der Waals surface area contributed by atoms with Gasteiger partial charge < -0.3 is 9.47 Å². The van der Waals surface area contributed by atoms with Gasteiger partial charge in [-0.15, -0.1) is 11.8 Å². The molecule has 1 heterocycles. The first-order valence-corrected chi connectivity index (χ1v) is 10.2. The van der Waals surface area contributed by atoms with Gasteiger partial charge in [-0.2, -0.15) is 0 Å². The third-order valence-electron chi connectivity index (χ3n) is 3.99. The van der Waals surface area contributed by atoms with E-state index in [9.17, 15) is 4.79 Å². The summed E-state index contributed by atoms with van der Waals surface area (Å²) in [5.41, 5.74) is -0.530. The highest BCUT2D eigenvalue weighted by Gasteiger charge is 2.40. The number of likely N-dealkylation sites (tertiary alicyclic amines) is 1. The Morgan fingerprint density at radius 1 is 1.38 bits per heavy atom. The number of halogens is 1. The Morgan fingerprint density at radius 3 is 2.65 bits per heavy atom. The van der Waals surface area contributed by atoms with Gasteiger partial charge in [-0.25, -0.2) is 4.79 Å². The molecule has 0 saturated carbocycles. The van der Waals surface area contributed by atoms with Crippen molar-refractivity contribution in [3.63, 3.8) is 0 Å². The molecular weight excluding hydrogens is 370 g/mol. The van der Waals surface area contributed by atoms with E-state index < -0.39 is 5.60 Å². The second-order valence-electron chi connectivity index (χ2n) is 7.27. The molecule has 2 rings (SSSR count). The molecular formula is C20H28ClNO3S. The first-order valence-electron chi connectivity index (χ1n) is 8.90. The number of hydrogen-bond acceptors (Lipinski definition) is 4. The molecule has 1 aliphatic rings. The Kier molecular flexibility index (Phi) is 7.30. The minimum Gasteiger partial charge on any atom is -0.499 e. The third-order valence-corrected chi connectivity index (χ3v) is 5.72. The summed E-state index contributed by atoms with van der Waals surface area (Å²) in [6, 6.07) is 7.68. The number of carbonyl (C=O) groups is 1. The smallest absolute Gasteiger partial charge is 0.410 e. The van der Waals surface area contributed by atoms with Crippen LogP contribution in [0.3, 0.4) is 0 Å². The zero-order valence-corrected chi connectivity index (χ0v) is 17.7. The van der Waals surface area contributed by atoms with Crippen LogP contribution in [0.5, 0.6) is 0 Å². The molecule has 1 amide bonds. The van der Waals surface area contributed by atoms with Crippen LogP contribution in [-0.2, 0) is 9.47 Å². The molecule has 1 aromatic carbocycles. The minimum absolute atomic E-state index is 0.116. The standard InChI is InChI=1S/C20H28ClNO3S/c1-6-9-17(24-5)16-12-14(26-18-11-8-7-10-15(18)21)13-22(16)19(23)25-20(2,3)4/h7-11,14,16H,6,12-13H2,1-5H3. The number of nitrogens with zero attached hydrogens (tertiary/aromatic N) is 1. The number of amides is 1. The maximum Gasteiger partial charge on any atom is 0.410 e. The molecule has 2 atom stereocenters. The molecule has 6 heteroatoms. The average Bonchev–Trinajstić information content (AvgIpc) is 2.97. The Morgan fingerprint density at radius 2 is 2.08 bits per heavy atom. The summed E-state index contributed by atoms with van der Waals surface area (Å²) in [7, 11) is 1.66. The van der Waals surface area contributed by atoms with E-state index in [1.807, 2.05) is 51.1 Å². The Hall–Kier alpha value is -1.33. The number of carbonyl (C=O) groups excluding carboxylic acids is 1. The van der Waals surface area contributed by atoms with E-state index in [1.165, 1.54) is 0 Å². The molecule has 26 heavy (non-hydrogen) atoms. The molecule has 0 radical (unpaired) electrons. The highest BCUT2D eigenvalue weighted by molar-refractivity contribution is 8.00. The summed E-state index contributed by atoms with van der Waals surface area (Å²) in [6.45, 7) is 8.29. The van der Waals surface area contributed by atoms with Crippen molar-refractivity contribution in [2.75, 3.05) is 13.7 Å². The molecule has 1 aromatic rings. The van der Waals surface area contributed by atoms with Crippen molar-refractivity contribution in [2.24, 2.45) is 0 Å². The second kappa shape index (κ2) is 9.05. The third kappa shape index (κ3) is 5.58. The van der Waals surface area contributed by atoms with Crippen molar-refractivity contribution in [3.05, 3.63) is 41.1 Å². The maximum atomic E-state index is 12.7. The van der Waals surface area contributed by atoms with E-state index in [1.54, 1.807) is 23.8 Å². The van der Waals surface area contributed by atoms with Crippen LogP contribution in [0.25, 0.3) is 0 Å². The van der Waals surface area contributed by atoms with Gasteiger partial charge in [0.15, 0.2) is 0 Å². The molecule has 0 aromatic heterocycles. The van der Waals surface area contributed by atoms with E-state index >= 15 is 0 Å². The monoisotopic (exact) mass is 397 g/mol. The molecule has 144 valence electrons. The number of rotatable bonds is 5. The van der Waals surface area contributed by atoms with Crippen LogP contribution in [0.15, 0.2) is 41.0 Å². The lowest BCUT2D eigenvalue weighted by molar-refractivity contribution is 0.0213. The lowest BCUT2D eigenvalue weighted by Crippen LogP contribution is -2.41. The molecule has 1 saturated heterocycles. The molecule has 4 nitrogen and oxygen atoms in total. The van der Waals surface area contributed by atoms with Gasteiger partial charge in [0.2, 0.25) is 0 Å². The average molecular weight is 398 g/mol. The lowest BCUT2D eigenvalue weighted by Gasteiger charge is -2.29. The summed E-state index contributed by atoms with van der Waals surface area (Å²) in [5, 5.41) is 0.962. The zero-order chi connectivity index (χ0) is 19.3. The van der Waals surface area contributed by atoms with Crippen molar-refractivity contribution in [3.8, 4) is 0 Å². The van der Waals surface area contributed by atoms with Crippen LogP contribution >= 0.6 is 23.4 Å². The summed E-state index contributed by atoms with van der Waals surface area (Å²) < 4.78 is 11.2. The predicted octanol–water partition coefficient (Wildman–Crippen LogP) is 5.75. The Balaban J connectivity index is 2.21. The fourth-order valence-corrected chi connectivity index (χ4v) is 4.43. The van der Waals surface area contributed by atoms with Crippen LogP contribution in [-0.4, -0.2) is 41.5 Å². The van der Waals surface area contributed by atoms with Gasteiger partial charge in [-0.05, 0) is 51.8 Å². The van der Waals surface area contributed by atoms with Gasteiger partial charge in [0.1, 0.15) is 11.4 Å². The van der Waals surface area contributed by atoms with E-state index in [2.05, 4.69) is 6.92 Å². The minimum atomic E-state index is -0.530. The van der Waals surface area contributed by atoms with Crippen LogP contribution in [0.4, 0.5) is 4.79 Å². The molecule has 0 N–H and O–H groups in total. The normalized spacial score (nSPS) is 21.0. The van der Waals surface area contributed by atoms with Crippen LogP contribution in [0.2, 0.25) is 5.02 Å². The Labute approximate surface area is 165 Å². The van der Waals surface area contributed by atoms with E-state index in [0.29, 0.717) is 6.54 Å². The maximum absolute atomic E-state index is 12.7. The quantitative estimate of drug-likeness (QED) is 0.593. The number of ether oxygens (including phenoxy) is 2. The molecule has 0 bridgehead atoms. The van der Waals surface area contributed by atoms with Crippen molar-refractivity contribution >= 4 is 29.5 Å². The van der Waals surface area contributed by atoms with E-state index in [-0.39, 0.29) is 17.4 Å². The number of hydrogen-bond donors (Lipinski definition) is 0. The zero-order valence-electron chi connectivity index (χ0n) is 16.1. The number of benzene rings is 1. The first kappa shape index (κ1) is 21.0. The van der Waals surface area contributed by atoms with Gasteiger partial charge >= 0.3 is 6.09 Å². The number of methoxy groups -OCH3 is 1. The van der Waals surface area contributed by atoms with Crippen molar-refractivity contribution in [2.45, 2.75) is 62.3 Å². The van der Waals surface area contributed by atoms with Gasteiger partial charge in [-0.3, -0.25) is 4.90 Å². The van der Waals surface area contributed by atoms with Crippen molar-refractivity contribution in [1.82, 2.24) is 4.90 Å². The topological polar surface area (TPSA) is 38.8 Å². The first-order chi connectivity index (χ1) is 12.2. The highest BCUT2D eigenvalue weighted by atomic mass is 35.5. The highest BCUT2D eigenvalue weighted by Crippen LogP contribution is 2.38. The van der Waals surface area contributed by atoms with Crippen molar-refractivity contribution in [1.29, 1.82) is 0 Å². The molecule has 2 unspecified atom stereocenters. The number of allylic oxidation sites excluding steroid dienone is 1. The van der Waals surface area contributed by atoms with Gasteiger partial charge in [0.05, 0.1) is 18.2 Å². The van der Waals surface area contributed by atoms with Crippen LogP contribution in [0, 0.1) is 0 Å². The predicted molar refractivity (Wildman–Crippen MR) is 108 cm³/mol. The lowest BCUT2D eigenvalue weighted by atomic mass is 10.1. The molecule has 1 fully saturated rings. The summed E-state index contributed by atoms with van der Waals surface area (Å²) in [6.07, 6.45) is 3.38. The molecule has 0 spiro atoms. The summed E-state index contributed by atoms with van der Waals surface area (Å²) >= 11 is 8.01. The van der Waals surface area contributed by atoms with E-state index in [0.717, 1.165) is 28.5 Å². The summed E-state index contributed by atoms with van der Waals surface area (Å²) in [5.74, 6) is 0.820. The van der Waals surface area contributed by atoms with Gasteiger partial charge in [0.25, 0.3) is 0 Å². The second-order valence-corrected chi connectivity index (χ2v) is 9.02. The fourth-order valence-electron chi connectivity index (χ4n) is 2.95. The van der Waals surface area contributed by atoms with Crippen LogP contribution in [0.1, 0.15) is 40.5 Å². The Bertz CT molecular complexity index is 657. The number of thioether (sulfide) groups is 1. The van der Waals surface area contributed by atoms with Gasteiger partial charge in [0, 0.05) is 16.7 Å². The fraction of sp³-hybridized carbons (Fsp3) is 0.550. The largest absolute Gasteiger partial charge is 0.499 e. The summed E-state index contributed by atoms with van der Waals surface area (Å²) in [4.78, 5) is 15.6. The SMILES string of the molecule is CCC=C(OC)C1CC(Sc2ccccc2Cl)CN1C(=O)OC(C)(C)C. The van der Waals surface area contributed by atoms with E-state index in [4.69, 9.17) is 21.1 Å². The molecule has 0 aliphatic carbocycles. The van der Waals surface area contributed by atoms with Crippen LogP contribution < -0.4 is 0 Å². The van der Waals surface area contributed by atoms with Crippen molar-refractivity contribution < 1.29 is 14.3 Å².